The van der Waals surface area contributed by atoms with Crippen molar-refractivity contribution in [1.29, 1.82) is 0 Å². The van der Waals surface area contributed by atoms with Crippen molar-refractivity contribution in [1.82, 2.24) is 4.90 Å². The number of ether oxygens (including phenoxy) is 1. The first-order valence-corrected chi connectivity index (χ1v) is 8.43. The van der Waals surface area contributed by atoms with Crippen LogP contribution in [0.3, 0.4) is 0 Å². The molecule has 0 saturated carbocycles. The average molecular weight is 350 g/mol. The van der Waals surface area contributed by atoms with Gasteiger partial charge < -0.3 is 19.4 Å². The summed E-state index contributed by atoms with van der Waals surface area (Å²) in [6.07, 6.45) is 0. The van der Waals surface area contributed by atoms with Gasteiger partial charge in [0.15, 0.2) is 0 Å². The molecular weight excluding hydrogens is 328 g/mol. The highest BCUT2D eigenvalue weighted by Gasteiger charge is 2.16. The van der Waals surface area contributed by atoms with Crippen LogP contribution >= 0.6 is 0 Å². The van der Waals surface area contributed by atoms with Crippen LogP contribution in [-0.2, 0) is 13.1 Å². The lowest BCUT2D eigenvalue weighted by Gasteiger charge is -2.22. The van der Waals surface area contributed by atoms with Crippen molar-refractivity contribution in [2.24, 2.45) is 0 Å². The van der Waals surface area contributed by atoms with Gasteiger partial charge in [-0.15, -0.1) is 0 Å². The number of anilines is 1. The predicted octanol–water partition coefficient (Wildman–Crippen LogP) is 4.83. The summed E-state index contributed by atoms with van der Waals surface area (Å²) in [6, 6.07) is 20.8. The third-order valence-corrected chi connectivity index (χ3v) is 3.99. The molecule has 0 saturated heterocycles. The van der Waals surface area contributed by atoms with Gasteiger partial charge in [0.1, 0.15) is 17.3 Å². The molecule has 0 bridgehead atoms. The van der Waals surface area contributed by atoms with E-state index in [1.165, 1.54) is 0 Å². The Balaban J connectivity index is 1.75. The highest BCUT2D eigenvalue weighted by Crippen LogP contribution is 2.18. The minimum Gasteiger partial charge on any atom is -0.497 e. The molecule has 5 heteroatoms. The van der Waals surface area contributed by atoms with Crippen LogP contribution in [0.1, 0.15) is 17.1 Å². The van der Waals surface area contributed by atoms with E-state index in [0.717, 1.165) is 22.8 Å². The molecule has 1 N–H and O–H groups in total. The minimum absolute atomic E-state index is 0.187. The lowest BCUT2D eigenvalue weighted by molar-refractivity contribution is 0.201. The quantitative estimate of drug-likeness (QED) is 0.693. The second kappa shape index (κ2) is 8.25. The number of aryl methyl sites for hydroxylation is 1. The van der Waals surface area contributed by atoms with Gasteiger partial charge >= 0.3 is 6.03 Å². The molecule has 1 aromatic heterocycles. The number of benzene rings is 2. The van der Waals surface area contributed by atoms with E-state index in [2.05, 4.69) is 5.32 Å². The van der Waals surface area contributed by atoms with Gasteiger partial charge in [0, 0.05) is 12.2 Å². The fourth-order valence-electron chi connectivity index (χ4n) is 2.64. The van der Waals surface area contributed by atoms with E-state index >= 15 is 0 Å². The number of carbonyl (C=O) groups excluding carboxylic acids is 1. The number of furan rings is 1. The normalized spacial score (nSPS) is 10.4. The van der Waals surface area contributed by atoms with Crippen LogP contribution in [0.4, 0.5) is 10.5 Å². The predicted molar refractivity (Wildman–Crippen MR) is 101 cm³/mol. The van der Waals surface area contributed by atoms with Crippen molar-refractivity contribution in [3.63, 3.8) is 0 Å². The molecule has 0 spiro atoms. The molecule has 0 fully saturated rings. The highest BCUT2D eigenvalue weighted by atomic mass is 16.5. The summed E-state index contributed by atoms with van der Waals surface area (Å²) < 4.78 is 10.8. The highest BCUT2D eigenvalue weighted by molar-refractivity contribution is 5.89. The Morgan fingerprint density at radius 2 is 1.73 bits per heavy atom. The molecule has 3 rings (SSSR count). The SMILES string of the molecule is COc1ccc(NC(=O)N(Cc2ccccc2)Cc2ccc(C)o2)cc1. The molecule has 3 aromatic rings. The number of rotatable bonds is 6. The third-order valence-electron chi connectivity index (χ3n) is 3.99. The summed E-state index contributed by atoms with van der Waals surface area (Å²) >= 11 is 0. The first-order chi connectivity index (χ1) is 12.6. The van der Waals surface area contributed by atoms with E-state index in [0.29, 0.717) is 18.8 Å². The lowest BCUT2D eigenvalue weighted by atomic mass is 10.2. The molecule has 1 heterocycles. The van der Waals surface area contributed by atoms with E-state index in [9.17, 15) is 4.79 Å². The van der Waals surface area contributed by atoms with E-state index in [4.69, 9.17) is 9.15 Å². The Labute approximate surface area is 153 Å². The Morgan fingerprint density at radius 1 is 1.00 bits per heavy atom. The number of urea groups is 1. The summed E-state index contributed by atoms with van der Waals surface area (Å²) in [5.41, 5.74) is 1.77. The van der Waals surface area contributed by atoms with Crippen molar-refractivity contribution in [2.75, 3.05) is 12.4 Å². The zero-order valence-corrected chi connectivity index (χ0v) is 14.9. The van der Waals surface area contributed by atoms with Crippen molar-refractivity contribution in [2.45, 2.75) is 20.0 Å². The maximum atomic E-state index is 12.8. The molecule has 0 atom stereocenters. The summed E-state index contributed by atoms with van der Waals surface area (Å²) in [7, 11) is 1.61. The van der Waals surface area contributed by atoms with Crippen molar-refractivity contribution < 1.29 is 13.9 Å². The Kier molecular flexibility index (Phi) is 5.59. The zero-order chi connectivity index (χ0) is 18.4. The Hall–Kier alpha value is -3.21. The van der Waals surface area contributed by atoms with Crippen molar-refractivity contribution in [3.05, 3.63) is 83.8 Å². The van der Waals surface area contributed by atoms with Crippen LogP contribution in [0.5, 0.6) is 5.75 Å². The van der Waals surface area contributed by atoms with Gasteiger partial charge in [-0.3, -0.25) is 0 Å². The van der Waals surface area contributed by atoms with Crippen LogP contribution in [0, 0.1) is 6.92 Å². The topological polar surface area (TPSA) is 54.7 Å². The number of carbonyl (C=O) groups is 1. The van der Waals surface area contributed by atoms with Gasteiger partial charge in [-0.2, -0.15) is 0 Å². The molecule has 0 aliphatic carbocycles. The zero-order valence-electron chi connectivity index (χ0n) is 14.9. The molecule has 2 amide bonds. The average Bonchev–Trinajstić information content (AvgIpc) is 3.07. The minimum atomic E-state index is -0.187. The monoisotopic (exact) mass is 350 g/mol. The molecule has 5 nitrogen and oxygen atoms in total. The number of amides is 2. The van der Waals surface area contributed by atoms with Gasteiger partial charge in [-0.1, -0.05) is 30.3 Å². The summed E-state index contributed by atoms with van der Waals surface area (Å²) in [4.78, 5) is 14.5. The molecule has 0 aliphatic heterocycles. The number of nitrogens with one attached hydrogen (secondary N) is 1. The number of hydrogen-bond acceptors (Lipinski definition) is 3. The molecule has 134 valence electrons. The Bertz CT molecular complexity index is 841. The maximum absolute atomic E-state index is 12.8. The molecule has 26 heavy (non-hydrogen) atoms. The van der Waals surface area contributed by atoms with Crippen LogP contribution in [0.2, 0.25) is 0 Å². The van der Waals surface area contributed by atoms with Gasteiger partial charge in [-0.25, -0.2) is 4.79 Å². The van der Waals surface area contributed by atoms with Crippen LogP contribution < -0.4 is 10.1 Å². The van der Waals surface area contributed by atoms with Gasteiger partial charge in [0.05, 0.1) is 13.7 Å². The third kappa shape index (κ3) is 4.66. The van der Waals surface area contributed by atoms with Crippen LogP contribution in [-0.4, -0.2) is 18.0 Å². The van der Waals surface area contributed by atoms with Gasteiger partial charge in [0.2, 0.25) is 0 Å². The fourth-order valence-corrected chi connectivity index (χ4v) is 2.64. The van der Waals surface area contributed by atoms with E-state index in [1.807, 2.05) is 73.7 Å². The van der Waals surface area contributed by atoms with Crippen LogP contribution in [0.25, 0.3) is 0 Å². The fraction of sp³-hybridized carbons (Fsp3) is 0.190. The van der Waals surface area contributed by atoms with Crippen molar-refractivity contribution in [3.8, 4) is 5.75 Å². The van der Waals surface area contributed by atoms with Gasteiger partial charge in [0.25, 0.3) is 0 Å². The largest absolute Gasteiger partial charge is 0.497 e. The standard InChI is InChI=1S/C21H22N2O3/c1-16-8-11-20(26-16)15-23(14-17-6-4-3-5-7-17)21(24)22-18-9-12-19(25-2)13-10-18/h3-13H,14-15H2,1-2H3,(H,22,24). The van der Waals surface area contributed by atoms with E-state index in [1.54, 1.807) is 12.0 Å². The smallest absolute Gasteiger partial charge is 0.322 e. The molecule has 0 radical (unpaired) electrons. The number of hydrogen-bond donors (Lipinski definition) is 1. The van der Waals surface area contributed by atoms with E-state index in [-0.39, 0.29) is 6.03 Å². The first-order valence-electron chi connectivity index (χ1n) is 8.43. The summed E-state index contributed by atoms with van der Waals surface area (Å²) in [6.45, 7) is 2.77. The molecule has 0 aliphatic rings. The van der Waals surface area contributed by atoms with Crippen molar-refractivity contribution >= 4 is 11.7 Å². The lowest BCUT2D eigenvalue weighted by Crippen LogP contribution is -2.33. The Morgan fingerprint density at radius 3 is 2.35 bits per heavy atom. The maximum Gasteiger partial charge on any atom is 0.322 e. The van der Waals surface area contributed by atoms with E-state index < -0.39 is 0 Å². The first kappa shape index (κ1) is 17.6. The molecular formula is C21H22N2O3. The van der Waals surface area contributed by atoms with Gasteiger partial charge in [-0.05, 0) is 48.9 Å². The summed E-state index contributed by atoms with van der Waals surface area (Å²) in [5.74, 6) is 2.33. The summed E-state index contributed by atoms with van der Waals surface area (Å²) in [5, 5.41) is 2.93. The second-order valence-electron chi connectivity index (χ2n) is 6.01. The van der Waals surface area contributed by atoms with Crippen LogP contribution in [0.15, 0.2) is 71.1 Å². The molecule has 0 unspecified atom stereocenters. The molecule has 2 aromatic carbocycles. The number of methoxy groups -OCH3 is 1. The number of nitrogens with zero attached hydrogens (tertiary/aromatic N) is 1. The second-order valence-corrected chi connectivity index (χ2v) is 6.01.